The molecule has 0 radical (unpaired) electrons. The van der Waals surface area contributed by atoms with Crippen LogP contribution in [0.2, 0.25) is 0 Å². The zero-order valence-electron chi connectivity index (χ0n) is 9.81. The van der Waals surface area contributed by atoms with E-state index in [9.17, 15) is 13.5 Å². The summed E-state index contributed by atoms with van der Waals surface area (Å²) in [5.41, 5.74) is 1.00. The van der Waals surface area contributed by atoms with E-state index in [-0.39, 0.29) is 5.75 Å². The molecule has 0 aliphatic heterocycles. The average Bonchev–Trinajstić information content (AvgIpc) is 2.22. The van der Waals surface area contributed by atoms with Crippen LogP contribution in [0.3, 0.4) is 0 Å². The molecule has 0 bridgehead atoms. The first-order valence-corrected chi connectivity index (χ1v) is 7.30. The molecule has 0 aromatic heterocycles. The van der Waals surface area contributed by atoms with Crippen molar-refractivity contribution in [2.45, 2.75) is 13.0 Å². The van der Waals surface area contributed by atoms with E-state index < -0.39 is 10.0 Å². The highest BCUT2D eigenvalue weighted by Crippen LogP contribution is 2.10. The molecular weight excluding hydrogens is 240 g/mol. The number of rotatable bonds is 7. The normalized spacial score (nSPS) is 11.6. The molecule has 17 heavy (non-hydrogen) atoms. The second kappa shape index (κ2) is 6.58. The van der Waals surface area contributed by atoms with Gasteiger partial charge < -0.3 is 10.4 Å². The van der Waals surface area contributed by atoms with Crippen LogP contribution in [0, 0.1) is 0 Å². The molecule has 0 fully saturated rings. The van der Waals surface area contributed by atoms with Gasteiger partial charge in [0.15, 0.2) is 0 Å². The highest BCUT2D eigenvalue weighted by atomic mass is 32.2. The predicted molar refractivity (Wildman–Crippen MR) is 67.3 cm³/mol. The van der Waals surface area contributed by atoms with Gasteiger partial charge in [0.05, 0.1) is 6.26 Å². The zero-order valence-corrected chi connectivity index (χ0v) is 10.6. The molecule has 0 saturated carbocycles. The lowest BCUT2D eigenvalue weighted by Crippen LogP contribution is -2.26. The molecule has 1 aromatic rings. The van der Waals surface area contributed by atoms with Gasteiger partial charge in [-0.25, -0.2) is 13.1 Å². The van der Waals surface area contributed by atoms with Crippen molar-refractivity contribution in [2.75, 3.05) is 19.3 Å². The highest BCUT2D eigenvalue weighted by molar-refractivity contribution is 7.88. The van der Waals surface area contributed by atoms with Crippen molar-refractivity contribution in [2.24, 2.45) is 0 Å². The second-order valence-corrected chi connectivity index (χ2v) is 5.70. The Morgan fingerprint density at radius 1 is 1.29 bits per heavy atom. The number of sulfonamides is 1. The highest BCUT2D eigenvalue weighted by Gasteiger charge is 1.98. The van der Waals surface area contributed by atoms with Gasteiger partial charge in [-0.15, -0.1) is 0 Å². The molecule has 6 heteroatoms. The van der Waals surface area contributed by atoms with Crippen molar-refractivity contribution in [3.63, 3.8) is 0 Å². The number of phenols is 1. The molecule has 0 spiro atoms. The Morgan fingerprint density at radius 2 is 2.06 bits per heavy atom. The first kappa shape index (κ1) is 14.0. The van der Waals surface area contributed by atoms with Crippen molar-refractivity contribution in [1.82, 2.24) is 10.0 Å². The first-order chi connectivity index (χ1) is 7.97. The first-order valence-electron chi connectivity index (χ1n) is 5.40. The Morgan fingerprint density at radius 3 is 2.71 bits per heavy atom. The fraction of sp³-hybridized carbons (Fsp3) is 0.455. The summed E-state index contributed by atoms with van der Waals surface area (Å²) in [5, 5.41) is 12.4. The van der Waals surface area contributed by atoms with Crippen LogP contribution < -0.4 is 10.0 Å². The summed E-state index contributed by atoms with van der Waals surface area (Å²) in [6, 6.07) is 7.03. The lowest BCUT2D eigenvalue weighted by molar-refractivity contribution is 0.474. The van der Waals surface area contributed by atoms with Crippen LogP contribution in [-0.4, -0.2) is 32.9 Å². The van der Waals surface area contributed by atoms with Gasteiger partial charge in [0.2, 0.25) is 10.0 Å². The molecule has 0 atom stereocenters. The van der Waals surface area contributed by atoms with E-state index in [1.54, 1.807) is 18.2 Å². The van der Waals surface area contributed by atoms with Crippen LogP contribution in [0.1, 0.15) is 12.0 Å². The van der Waals surface area contributed by atoms with Crippen LogP contribution >= 0.6 is 0 Å². The molecule has 5 nitrogen and oxygen atoms in total. The van der Waals surface area contributed by atoms with E-state index in [0.29, 0.717) is 13.1 Å². The van der Waals surface area contributed by atoms with E-state index in [2.05, 4.69) is 10.0 Å². The van der Waals surface area contributed by atoms with Crippen LogP contribution in [0.4, 0.5) is 0 Å². The monoisotopic (exact) mass is 258 g/mol. The predicted octanol–water partition coefficient (Wildman–Crippen LogP) is 0.421. The topological polar surface area (TPSA) is 78.4 Å². The number of nitrogens with one attached hydrogen (secondary N) is 2. The van der Waals surface area contributed by atoms with Gasteiger partial charge in [-0.1, -0.05) is 12.1 Å². The van der Waals surface area contributed by atoms with Crippen LogP contribution in [-0.2, 0) is 16.6 Å². The number of benzene rings is 1. The van der Waals surface area contributed by atoms with Crippen LogP contribution in [0.15, 0.2) is 24.3 Å². The molecule has 0 aliphatic carbocycles. The fourth-order valence-electron chi connectivity index (χ4n) is 1.37. The molecule has 0 amide bonds. The van der Waals surface area contributed by atoms with Gasteiger partial charge in [0.1, 0.15) is 5.75 Å². The van der Waals surface area contributed by atoms with Gasteiger partial charge >= 0.3 is 0 Å². The SMILES string of the molecule is CS(=O)(=O)NCCCNCc1cccc(O)c1. The van der Waals surface area contributed by atoms with E-state index >= 15 is 0 Å². The van der Waals surface area contributed by atoms with Crippen molar-refractivity contribution in [3.05, 3.63) is 29.8 Å². The van der Waals surface area contributed by atoms with E-state index in [0.717, 1.165) is 24.8 Å². The largest absolute Gasteiger partial charge is 0.508 e. The average molecular weight is 258 g/mol. The smallest absolute Gasteiger partial charge is 0.208 e. The van der Waals surface area contributed by atoms with Crippen molar-refractivity contribution >= 4 is 10.0 Å². The van der Waals surface area contributed by atoms with Gasteiger partial charge in [0.25, 0.3) is 0 Å². The molecule has 96 valence electrons. The van der Waals surface area contributed by atoms with Crippen LogP contribution in [0.25, 0.3) is 0 Å². The lowest BCUT2D eigenvalue weighted by atomic mass is 10.2. The molecule has 1 aromatic carbocycles. The van der Waals surface area contributed by atoms with Gasteiger partial charge in [0, 0.05) is 13.1 Å². The third-order valence-electron chi connectivity index (χ3n) is 2.13. The summed E-state index contributed by atoms with van der Waals surface area (Å²) in [4.78, 5) is 0. The molecule has 1 rings (SSSR count). The summed E-state index contributed by atoms with van der Waals surface area (Å²) in [6.07, 6.45) is 1.87. The Kier molecular flexibility index (Phi) is 5.40. The maximum atomic E-state index is 10.8. The van der Waals surface area contributed by atoms with Gasteiger partial charge in [-0.2, -0.15) is 0 Å². The van der Waals surface area contributed by atoms with Gasteiger partial charge in [-0.3, -0.25) is 0 Å². The summed E-state index contributed by atoms with van der Waals surface area (Å²) in [6.45, 7) is 1.82. The second-order valence-electron chi connectivity index (χ2n) is 3.87. The lowest BCUT2D eigenvalue weighted by Gasteiger charge is -2.05. The minimum atomic E-state index is -3.08. The Bertz CT molecular complexity index is 446. The third-order valence-corrected chi connectivity index (χ3v) is 2.86. The zero-order chi connectivity index (χ0) is 12.7. The Balaban J connectivity index is 2.13. The summed E-state index contributed by atoms with van der Waals surface area (Å²) in [5.74, 6) is 0.253. The minimum Gasteiger partial charge on any atom is -0.508 e. The summed E-state index contributed by atoms with van der Waals surface area (Å²) < 4.78 is 23.9. The van der Waals surface area contributed by atoms with E-state index in [1.807, 2.05) is 6.07 Å². The number of hydrogen-bond acceptors (Lipinski definition) is 4. The number of aromatic hydroxyl groups is 1. The van der Waals surface area contributed by atoms with Crippen LogP contribution in [0.5, 0.6) is 5.75 Å². The van der Waals surface area contributed by atoms with Gasteiger partial charge in [-0.05, 0) is 30.7 Å². The molecule has 0 saturated heterocycles. The molecule has 3 N–H and O–H groups in total. The molecule has 0 aliphatic rings. The maximum absolute atomic E-state index is 10.8. The van der Waals surface area contributed by atoms with Crippen molar-refractivity contribution in [3.8, 4) is 5.75 Å². The number of hydrogen-bond donors (Lipinski definition) is 3. The standard InChI is InChI=1S/C11H18N2O3S/c1-17(15,16)13-7-3-6-12-9-10-4-2-5-11(14)8-10/h2,4-5,8,12-14H,3,6-7,9H2,1H3. The minimum absolute atomic E-state index is 0.253. The molecule has 0 heterocycles. The quantitative estimate of drug-likeness (QED) is 0.619. The summed E-state index contributed by atoms with van der Waals surface area (Å²) in [7, 11) is -3.08. The third kappa shape index (κ3) is 6.93. The Hall–Kier alpha value is -1.11. The number of phenolic OH excluding ortho intramolecular Hbond substituents is 1. The van der Waals surface area contributed by atoms with E-state index in [1.165, 1.54) is 0 Å². The van der Waals surface area contributed by atoms with Crippen molar-refractivity contribution in [1.29, 1.82) is 0 Å². The molecular formula is C11H18N2O3S. The fourth-order valence-corrected chi connectivity index (χ4v) is 1.89. The Labute approximate surface area is 102 Å². The molecule has 0 unspecified atom stereocenters. The van der Waals surface area contributed by atoms with Crippen molar-refractivity contribution < 1.29 is 13.5 Å². The maximum Gasteiger partial charge on any atom is 0.208 e. The summed E-state index contributed by atoms with van der Waals surface area (Å²) >= 11 is 0. The van der Waals surface area contributed by atoms with E-state index in [4.69, 9.17) is 0 Å².